The van der Waals surface area contributed by atoms with Crippen LogP contribution in [-0.2, 0) is 0 Å². The van der Waals surface area contributed by atoms with Gasteiger partial charge in [-0.3, -0.25) is 4.57 Å². The third-order valence-corrected chi connectivity index (χ3v) is 5.97. The van der Waals surface area contributed by atoms with Crippen LogP contribution in [0.15, 0.2) is 102 Å². The highest BCUT2D eigenvalue weighted by atomic mass is 79.9. The normalized spacial score (nSPS) is 11.5. The number of rotatable bonds is 2. The first kappa shape index (κ1) is 17.4. The number of fused-ring (bicyclic) bond motifs is 4. The second-order valence-electron chi connectivity index (χ2n) is 7.27. The minimum absolute atomic E-state index is 0.682. The number of nitrogens with zero attached hydrogens (tertiary/aromatic N) is 3. The molecule has 4 heteroatoms. The Labute approximate surface area is 181 Å². The average molecular weight is 450 g/mol. The van der Waals surface area contributed by atoms with Crippen LogP contribution in [0.1, 0.15) is 0 Å². The smallest absolute Gasteiger partial charge is 0.235 e. The fourth-order valence-electron chi connectivity index (χ4n) is 4.14. The van der Waals surface area contributed by atoms with Crippen molar-refractivity contribution in [3.63, 3.8) is 0 Å². The second-order valence-corrected chi connectivity index (χ2v) is 8.19. The van der Waals surface area contributed by atoms with Gasteiger partial charge in [0.05, 0.1) is 22.2 Å². The summed E-state index contributed by atoms with van der Waals surface area (Å²) in [6.45, 7) is 0. The second kappa shape index (κ2) is 6.78. The highest BCUT2D eigenvalue weighted by Gasteiger charge is 2.16. The van der Waals surface area contributed by atoms with Crippen molar-refractivity contribution < 1.29 is 0 Å². The molecule has 0 bridgehead atoms. The Bertz CT molecular complexity index is 1550. The van der Waals surface area contributed by atoms with E-state index >= 15 is 0 Å². The van der Waals surface area contributed by atoms with E-state index in [0.717, 1.165) is 37.7 Å². The summed E-state index contributed by atoms with van der Waals surface area (Å²) in [5.41, 5.74) is 5.15. The first-order valence-corrected chi connectivity index (χ1v) is 10.6. The molecule has 2 heterocycles. The Balaban J connectivity index is 1.75. The molecular weight excluding hydrogens is 434 g/mol. The van der Waals surface area contributed by atoms with Crippen LogP contribution in [-0.4, -0.2) is 14.5 Å². The zero-order valence-corrected chi connectivity index (χ0v) is 17.5. The van der Waals surface area contributed by atoms with Crippen LogP contribution >= 0.6 is 15.9 Å². The van der Waals surface area contributed by atoms with Crippen molar-refractivity contribution in [2.45, 2.75) is 0 Å². The van der Waals surface area contributed by atoms with E-state index in [1.807, 2.05) is 30.3 Å². The molecule has 0 aliphatic rings. The zero-order valence-electron chi connectivity index (χ0n) is 16.0. The summed E-state index contributed by atoms with van der Waals surface area (Å²) in [5, 5.41) is 3.42. The molecule has 30 heavy (non-hydrogen) atoms. The molecular formula is C26H16BrN3. The Morgan fingerprint density at radius 2 is 1.30 bits per heavy atom. The fraction of sp³-hybridized carbons (Fsp3) is 0. The summed E-state index contributed by atoms with van der Waals surface area (Å²) in [5.74, 6) is 0.682. The Morgan fingerprint density at radius 3 is 2.17 bits per heavy atom. The highest BCUT2D eigenvalue weighted by molar-refractivity contribution is 9.10. The van der Waals surface area contributed by atoms with E-state index < -0.39 is 0 Å². The molecule has 0 aliphatic heterocycles. The van der Waals surface area contributed by atoms with E-state index in [1.54, 1.807) is 0 Å². The van der Waals surface area contributed by atoms with Gasteiger partial charge in [0, 0.05) is 26.2 Å². The third kappa shape index (κ3) is 2.65. The topological polar surface area (TPSA) is 30.7 Å². The van der Waals surface area contributed by atoms with Crippen molar-refractivity contribution in [3.8, 4) is 17.2 Å². The molecule has 4 aromatic carbocycles. The monoisotopic (exact) mass is 449 g/mol. The summed E-state index contributed by atoms with van der Waals surface area (Å²) in [4.78, 5) is 10.0. The quantitative estimate of drug-likeness (QED) is 0.280. The lowest BCUT2D eigenvalue weighted by molar-refractivity contribution is 1.01. The number of hydrogen-bond donors (Lipinski definition) is 0. The summed E-state index contributed by atoms with van der Waals surface area (Å²) < 4.78 is 3.22. The summed E-state index contributed by atoms with van der Waals surface area (Å²) in [6.07, 6.45) is 0. The van der Waals surface area contributed by atoms with Crippen LogP contribution in [0.5, 0.6) is 0 Å². The molecule has 6 aromatic rings. The molecule has 3 nitrogen and oxygen atoms in total. The number of halogens is 1. The lowest BCUT2D eigenvalue weighted by Gasteiger charge is -2.11. The summed E-state index contributed by atoms with van der Waals surface area (Å²) in [6, 6.07) is 33.3. The van der Waals surface area contributed by atoms with E-state index in [4.69, 9.17) is 9.97 Å². The number of para-hydroxylation sites is 2. The van der Waals surface area contributed by atoms with Crippen LogP contribution in [0.4, 0.5) is 0 Å². The molecule has 0 saturated carbocycles. The SMILES string of the molecule is Brc1ccc2c(c1)c1ccccc1n2-c1nc(-c2ccccc2)c2ccccc2n1. The Morgan fingerprint density at radius 1 is 0.600 bits per heavy atom. The molecule has 6 rings (SSSR count). The van der Waals surface area contributed by atoms with Gasteiger partial charge in [-0.25, -0.2) is 9.97 Å². The number of benzene rings is 4. The first-order chi connectivity index (χ1) is 14.8. The van der Waals surface area contributed by atoms with Gasteiger partial charge in [0.25, 0.3) is 0 Å². The molecule has 0 radical (unpaired) electrons. The van der Waals surface area contributed by atoms with Gasteiger partial charge in [-0.05, 0) is 30.3 Å². The Hall–Kier alpha value is -3.50. The summed E-state index contributed by atoms with van der Waals surface area (Å²) >= 11 is 3.62. The summed E-state index contributed by atoms with van der Waals surface area (Å²) in [7, 11) is 0. The standard InChI is InChI=1S/C26H16BrN3/c27-18-14-15-24-21(16-18)19-10-5-7-13-23(19)30(24)26-28-22-12-6-4-11-20(22)25(29-26)17-8-2-1-3-9-17/h1-16H. The molecule has 142 valence electrons. The lowest BCUT2D eigenvalue weighted by Crippen LogP contribution is -2.03. The fourth-order valence-corrected chi connectivity index (χ4v) is 4.50. The molecule has 0 aliphatic carbocycles. The van der Waals surface area contributed by atoms with Gasteiger partial charge < -0.3 is 0 Å². The van der Waals surface area contributed by atoms with Crippen LogP contribution < -0.4 is 0 Å². The maximum absolute atomic E-state index is 5.08. The average Bonchev–Trinajstić information content (AvgIpc) is 3.12. The van der Waals surface area contributed by atoms with Gasteiger partial charge in [0.15, 0.2) is 0 Å². The molecule has 0 atom stereocenters. The molecule has 0 spiro atoms. The molecule has 0 amide bonds. The molecule has 0 saturated heterocycles. The van der Waals surface area contributed by atoms with E-state index in [-0.39, 0.29) is 0 Å². The van der Waals surface area contributed by atoms with Crippen molar-refractivity contribution >= 4 is 48.6 Å². The van der Waals surface area contributed by atoms with Gasteiger partial charge >= 0.3 is 0 Å². The van der Waals surface area contributed by atoms with Gasteiger partial charge in [-0.2, -0.15) is 0 Å². The maximum Gasteiger partial charge on any atom is 0.235 e. The van der Waals surface area contributed by atoms with Crippen molar-refractivity contribution in [2.24, 2.45) is 0 Å². The third-order valence-electron chi connectivity index (χ3n) is 5.47. The number of aromatic nitrogens is 3. The molecule has 0 fully saturated rings. The van der Waals surface area contributed by atoms with Crippen LogP contribution in [0, 0.1) is 0 Å². The van der Waals surface area contributed by atoms with Crippen molar-refractivity contribution in [1.82, 2.24) is 14.5 Å². The van der Waals surface area contributed by atoms with Crippen molar-refractivity contribution in [2.75, 3.05) is 0 Å². The van der Waals surface area contributed by atoms with Gasteiger partial charge in [0.1, 0.15) is 0 Å². The number of hydrogen-bond acceptors (Lipinski definition) is 2. The van der Waals surface area contributed by atoms with Gasteiger partial charge in [0.2, 0.25) is 5.95 Å². The van der Waals surface area contributed by atoms with Crippen LogP contribution in [0.2, 0.25) is 0 Å². The maximum atomic E-state index is 5.08. The van der Waals surface area contributed by atoms with E-state index in [9.17, 15) is 0 Å². The predicted molar refractivity (Wildman–Crippen MR) is 127 cm³/mol. The van der Waals surface area contributed by atoms with Gasteiger partial charge in [-0.15, -0.1) is 0 Å². The minimum atomic E-state index is 0.682. The predicted octanol–water partition coefficient (Wildman–Crippen LogP) is 7.16. The zero-order chi connectivity index (χ0) is 20.1. The van der Waals surface area contributed by atoms with Gasteiger partial charge in [-0.1, -0.05) is 82.7 Å². The van der Waals surface area contributed by atoms with E-state index in [0.29, 0.717) is 5.95 Å². The highest BCUT2D eigenvalue weighted by Crippen LogP contribution is 2.34. The largest absolute Gasteiger partial charge is 0.278 e. The molecule has 2 aromatic heterocycles. The van der Waals surface area contributed by atoms with Crippen molar-refractivity contribution in [3.05, 3.63) is 102 Å². The van der Waals surface area contributed by atoms with Crippen molar-refractivity contribution in [1.29, 1.82) is 0 Å². The van der Waals surface area contributed by atoms with E-state index in [1.165, 1.54) is 10.8 Å². The van der Waals surface area contributed by atoms with E-state index in [2.05, 4.69) is 87.2 Å². The Kier molecular flexibility index (Phi) is 3.93. The van der Waals surface area contributed by atoms with Crippen LogP contribution in [0.25, 0.3) is 49.9 Å². The molecule has 0 unspecified atom stereocenters. The molecule has 0 N–H and O–H groups in total. The lowest BCUT2D eigenvalue weighted by atomic mass is 10.1. The minimum Gasteiger partial charge on any atom is -0.278 e. The van der Waals surface area contributed by atoms with Crippen LogP contribution in [0.3, 0.4) is 0 Å². The first-order valence-electron chi connectivity index (χ1n) is 9.81.